The van der Waals surface area contributed by atoms with Crippen molar-refractivity contribution < 1.29 is 4.79 Å². The highest BCUT2D eigenvalue weighted by Crippen LogP contribution is 2.07. The van der Waals surface area contributed by atoms with Gasteiger partial charge in [0.15, 0.2) is 0 Å². The van der Waals surface area contributed by atoms with Crippen LogP contribution in [0.1, 0.15) is 35.8 Å². The first-order chi connectivity index (χ1) is 9.29. The number of anilines is 1. The summed E-state index contributed by atoms with van der Waals surface area (Å²) >= 11 is 0. The standard InChI is InChI=1S/C15H17N3O/c1-2-3-6-12-8-9-13(17-11-12)15(19)18-14-7-4-5-10-16-14/h4-5,7-11H,2-3,6H2,1H3,(H,16,18,19). The first-order valence-corrected chi connectivity index (χ1v) is 6.47. The normalized spacial score (nSPS) is 10.2. The van der Waals surface area contributed by atoms with E-state index in [0.717, 1.165) is 24.8 Å². The van der Waals surface area contributed by atoms with Crippen LogP contribution in [0.4, 0.5) is 5.82 Å². The minimum absolute atomic E-state index is 0.235. The number of hydrogen-bond donors (Lipinski definition) is 1. The molecule has 0 bridgehead atoms. The zero-order chi connectivity index (χ0) is 13.5. The fraction of sp³-hybridized carbons (Fsp3) is 0.267. The molecule has 0 aliphatic carbocycles. The third-order valence-electron chi connectivity index (χ3n) is 2.78. The molecule has 0 aromatic carbocycles. The number of unbranched alkanes of at least 4 members (excludes halogenated alkanes) is 1. The highest BCUT2D eigenvalue weighted by Gasteiger charge is 2.07. The predicted molar refractivity (Wildman–Crippen MR) is 75.0 cm³/mol. The number of aryl methyl sites for hydroxylation is 1. The fourth-order valence-electron chi connectivity index (χ4n) is 1.70. The quantitative estimate of drug-likeness (QED) is 0.893. The molecule has 1 N–H and O–H groups in total. The Labute approximate surface area is 112 Å². The molecule has 0 saturated heterocycles. The molecule has 0 atom stereocenters. The Morgan fingerprint density at radius 2 is 2.11 bits per heavy atom. The van der Waals surface area contributed by atoms with Gasteiger partial charge in [-0.25, -0.2) is 4.98 Å². The number of nitrogens with one attached hydrogen (secondary N) is 1. The van der Waals surface area contributed by atoms with Crippen molar-refractivity contribution in [1.29, 1.82) is 0 Å². The van der Waals surface area contributed by atoms with Gasteiger partial charge in [0.2, 0.25) is 0 Å². The van der Waals surface area contributed by atoms with Gasteiger partial charge in [0.25, 0.3) is 5.91 Å². The number of aromatic nitrogens is 2. The van der Waals surface area contributed by atoms with Gasteiger partial charge in [-0.05, 0) is 36.6 Å². The molecule has 0 aliphatic rings. The molecule has 1 amide bonds. The Hall–Kier alpha value is -2.23. The summed E-state index contributed by atoms with van der Waals surface area (Å²) in [5.74, 6) is 0.296. The third kappa shape index (κ3) is 3.88. The lowest BCUT2D eigenvalue weighted by Crippen LogP contribution is -2.14. The Balaban J connectivity index is 1.99. The lowest BCUT2D eigenvalue weighted by molar-refractivity contribution is 0.102. The average Bonchev–Trinajstić information content (AvgIpc) is 2.46. The molecule has 98 valence electrons. The molecule has 4 heteroatoms. The lowest BCUT2D eigenvalue weighted by atomic mass is 10.1. The van der Waals surface area contributed by atoms with Crippen LogP contribution in [-0.2, 0) is 6.42 Å². The van der Waals surface area contributed by atoms with Gasteiger partial charge < -0.3 is 5.32 Å². The predicted octanol–water partition coefficient (Wildman–Crippen LogP) is 3.07. The molecule has 2 aromatic heterocycles. The highest BCUT2D eigenvalue weighted by atomic mass is 16.1. The summed E-state index contributed by atoms with van der Waals surface area (Å²) in [6, 6.07) is 9.08. The van der Waals surface area contributed by atoms with Crippen LogP contribution in [0.15, 0.2) is 42.7 Å². The second-order valence-electron chi connectivity index (χ2n) is 4.32. The van der Waals surface area contributed by atoms with Crippen LogP contribution < -0.4 is 5.32 Å². The molecular weight excluding hydrogens is 238 g/mol. The van der Waals surface area contributed by atoms with Crippen LogP contribution in [0.25, 0.3) is 0 Å². The van der Waals surface area contributed by atoms with Gasteiger partial charge in [0.1, 0.15) is 11.5 Å². The molecule has 2 heterocycles. The molecule has 0 radical (unpaired) electrons. The van der Waals surface area contributed by atoms with Crippen molar-refractivity contribution in [2.45, 2.75) is 26.2 Å². The molecule has 0 saturated carbocycles. The third-order valence-corrected chi connectivity index (χ3v) is 2.78. The van der Waals surface area contributed by atoms with Crippen molar-refractivity contribution >= 4 is 11.7 Å². The molecule has 2 rings (SSSR count). The van der Waals surface area contributed by atoms with E-state index >= 15 is 0 Å². The minimum atomic E-state index is -0.235. The van der Waals surface area contributed by atoms with E-state index in [1.807, 2.05) is 12.1 Å². The maximum atomic E-state index is 11.9. The summed E-state index contributed by atoms with van der Waals surface area (Å²) in [7, 11) is 0. The molecule has 4 nitrogen and oxygen atoms in total. The van der Waals surface area contributed by atoms with Crippen molar-refractivity contribution in [1.82, 2.24) is 9.97 Å². The van der Waals surface area contributed by atoms with E-state index in [4.69, 9.17) is 0 Å². The topological polar surface area (TPSA) is 54.9 Å². The molecule has 0 unspecified atom stereocenters. The minimum Gasteiger partial charge on any atom is -0.305 e. The number of amides is 1. The lowest BCUT2D eigenvalue weighted by Gasteiger charge is -2.04. The summed E-state index contributed by atoms with van der Waals surface area (Å²) in [5.41, 5.74) is 1.57. The average molecular weight is 255 g/mol. The van der Waals surface area contributed by atoms with Gasteiger partial charge in [-0.15, -0.1) is 0 Å². The van der Waals surface area contributed by atoms with Crippen LogP contribution in [0.5, 0.6) is 0 Å². The van der Waals surface area contributed by atoms with Crippen LogP contribution in [0.2, 0.25) is 0 Å². The van der Waals surface area contributed by atoms with Crippen molar-refractivity contribution in [3.63, 3.8) is 0 Å². The highest BCUT2D eigenvalue weighted by molar-refractivity contribution is 6.02. The second-order valence-corrected chi connectivity index (χ2v) is 4.32. The fourth-order valence-corrected chi connectivity index (χ4v) is 1.70. The summed E-state index contributed by atoms with van der Waals surface area (Å²) in [5, 5.41) is 2.71. The number of carbonyl (C=O) groups is 1. The maximum Gasteiger partial charge on any atom is 0.275 e. The summed E-state index contributed by atoms with van der Waals surface area (Å²) in [6.45, 7) is 2.15. The zero-order valence-electron chi connectivity index (χ0n) is 11.0. The van der Waals surface area contributed by atoms with Crippen molar-refractivity contribution in [3.8, 4) is 0 Å². The van der Waals surface area contributed by atoms with Crippen molar-refractivity contribution in [2.24, 2.45) is 0 Å². The number of pyridine rings is 2. The molecular formula is C15H17N3O. The number of carbonyl (C=O) groups excluding carboxylic acids is 1. The maximum absolute atomic E-state index is 11.9. The van der Waals surface area contributed by atoms with E-state index in [9.17, 15) is 4.79 Å². The van der Waals surface area contributed by atoms with Crippen LogP contribution in [0.3, 0.4) is 0 Å². The van der Waals surface area contributed by atoms with E-state index < -0.39 is 0 Å². The Kier molecular flexibility index (Phi) is 4.61. The summed E-state index contributed by atoms with van der Waals surface area (Å²) < 4.78 is 0. The first-order valence-electron chi connectivity index (χ1n) is 6.47. The first kappa shape index (κ1) is 13.2. The van der Waals surface area contributed by atoms with Gasteiger partial charge in [-0.1, -0.05) is 25.5 Å². The largest absolute Gasteiger partial charge is 0.305 e. The second kappa shape index (κ2) is 6.64. The zero-order valence-corrected chi connectivity index (χ0v) is 11.0. The molecule has 0 aliphatic heterocycles. The van der Waals surface area contributed by atoms with Gasteiger partial charge in [-0.3, -0.25) is 9.78 Å². The molecule has 0 fully saturated rings. The Bertz CT molecular complexity index is 523. The summed E-state index contributed by atoms with van der Waals surface area (Å²) in [4.78, 5) is 20.2. The van der Waals surface area contributed by atoms with Gasteiger partial charge in [-0.2, -0.15) is 0 Å². The van der Waals surface area contributed by atoms with E-state index in [1.54, 1.807) is 30.6 Å². The smallest absolute Gasteiger partial charge is 0.275 e. The Morgan fingerprint density at radius 1 is 1.21 bits per heavy atom. The van der Waals surface area contributed by atoms with Crippen LogP contribution in [-0.4, -0.2) is 15.9 Å². The van der Waals surface area contributed by atoms with Crippen molar-refractivity contribution in [2.75, 3.05) is 5.32 Å². The molecule has 19 heavy (non-hydrogen) atoms. The molecule has 2 aromatic rings. The van der Waals surface area contributed by atoms with E-state index in [0.29, 0.717) is 11.5 Å². The van der Waals surface area contributed by atoms with Crippen LogP contribution in [0, 0.1) is 0 Å². The SMILES string of the molecule is CCCCc1ccc(C(=O)Nc2ccccn2)nc1. The van der Waals surface area contributed by atoms with E-state index in [1.165, 1.54) is 0 Å². The monoisotopic (exact) mass is 255 g/mol. The van der Waals surface area contributed by atoms with Gasteiger partial charge in [0, 0.05) is 12.4 Å². The summed E-state index contributed by atoms with van der Waals surface area (Å²) in [6.07, 6.45) is 6.70. The molecule has 0 spiro atoms. The number of hydrogen-bond acceptors (Lipinski definition) is 3. The Morgan fingerprint density at radius 3 is 2.74 bits per heavy atom. The van der Waals surface area contributed by atoms with Gasteiger partial charge >= 0.3 is 0 Å². The number of rotatable bonds is 5. The van der Waals surface area contributed by atoms with Crippen LogP contribution >= 0.6 is 0 Å². The number of nitrogens with zero attached hydrogens (tertiary/aromatic N) is 2. The van der Waals surface area contributed by atoms with E-state index in [2.05, 4.69) is 22.2 Å². The van der Waals surface area contributed by atoms with Gasteiger partial charge in [0.05, 0.1) is 0 Å². The van der Waals surface area contributed by atoms with Crippen molar-refractivity contribution in [3.05, 3.63) is 54.0 Å². The van der Waals surface area contributed by atoms with E-state index in [-0.39, 0.29) is 5.91 Å².